The number of hydrogen-bond acceptors (Lipinski definition) is 4. The van der Waals surface area contributed by atoms with Crippen molar-refractivity contribution in [2.45, 2.75) is 31.3 Å². The number of nitrogens with one attached hydrogen (secondary N) is 1. The largest absolute Gasteiger partial charge is 0.507 e. The second kappa shape index (κ2) is 6.14. The number of nitrogens with zero attached hydrogens (tertiary/aromatic N) is 2. The van der Waals surface area contributed by atoms with Gasteiger partial charge in [-0.15, -0.1) is 0 Å². The van der Waals surface area contributed by atoms with Crippen LogP contribution in [0.3, 0.4) is 0 Å². The van der Waals surface area contributed by atoms with Crippen molar-refractivity contribution < 1.29 is 5.11 Å². The summed E-state index contributed by atoms with van der Waals surface area (Å²) in [6, 6.07) is 20.1. The molecule has 0 spiro atoms. The number of likely N-dealkylation sites (tertiary alicyclic amines) is 1. The van der Waals surface area contributed by atoms with E-state index < -0.39 is 0 Å². The molecular formula is C24H25N3O. The highest BCUT2D eigenvalue weighted by atomic mass is 16.3. The summed E-state index contributed by atoms with van der Waals surface area (Å²) in [6.45, 7) is 3.19. The summed E-state index contributed by atoms with van der Waals surface area (Å²) in [7, 11) is 0. The molecule has 0 bridgehead atoms. The maximum atomic E-state index is 10.3. The van der Waals surface area contributed by atoms with Crippen molar-refractivity contribution >= 4 is 22.1 Å². The molecule has 1 fully saturated rings. The van der Waals surface area contributed by atoms with E-state index in [0.717, 1.165) is 31.6 Å². The Morgan fingerprint density at radius 3 is 2.68 bits per heavy atom. The summed E-state index contributed by atoms with van der Waals surface area (Å²) >= 11 is 0. The molecule has 4 heteroatoms. The number of hydrogen-bond donors (Lipinski definition) is 2. The Morgan fingerprint density at radius 1 is 0.929 bits per heavy atom. The van der Waals surface area contributed by atoms with E-state index in [-0.39, 0.29) is 0 Å². The van der Waals surface area contributed by atoms with Gasteiger partial charge in [-0.1, -0.05) is 36.4 Å². The van der Waals surface area contributed by atoms with Gasteiger partial charge in [0.2, 0.25) is 0 Å². The third-order valence-corrected chi connectivity index (χ3v) is 6.94. The molecule has 1 saturated heterocycles. The van der Waals surface area contributed by atoms with Crippen LogP contribution in [0.4, 0.5) is 11.4 Å². The van der Waals surface area contributed by atoms with Gasteiger partial charge in [-0.3, -0.25) is 4.90 Å². The topological polar surface area (TPSA) is 38.7 Å². The fourth-order valence-electron chi connectivity index (χ4n) is 5.55. The Balaban J connectivity index is 1.22. The van der Waals surface area contributed by atoms with Gasteiger partial charge in [0, 0.05) is 30.6 Å². The highest BCUT2D eigenvalue weighted by Crippen LogP contribution is 2.44. The van der Waals surface area contributed by atoms with Crippen LogP contribution in [0.15, 0.2) is 54.6 Å². The molecule has 6 rings (SSSR count). The molecule has 3 aromatic rings. The smallest absolute Gasteiger partial charge is 0.123 e. The lowest BCUT2D eigenvalue weighted by Gasteiger charge is -2.40. The maximum Gasteiger partial charge on any atom is 0.123 e. The van der Waals surface area contributed by atoms with E-state index >= 15 is 0 Å². The van der Waals surface area contributed by atoms with Crippen LogP contribution in [0.2, 0.25) is 0 Å². The van der Waals surface area contributed by atoms with Crippen molar-refractivity contribution in [2.75, 3.05) is 30.0 Å². The average molecular weight is 371 g/mol. The van der Waals surface area contributed by atoms with E-state index in [1.165, 1.54) is 40.7 Å². The first-order valence-electron chi connectivity index (χ1n) is 10.4. The second-order valence-electron chi connectivity index (χ2n) is 8.32. The summed E-state index contributed by atoms with van der Waals surface area (Å²) in [5.41, 5.74) is 5.40. The number of aromatic hydroxyl groups is 1. The number of piperidine rings is 1. The summed E-state index contributed by atoms with van der Waals surface area (Å²) in [4.78, 5) is 5.21. The molecule has 3 aliphatic rings. The fourth-order valence-corrected chi connectivity index (χ4v) is 5.55. The van der Waals surface area contributed by atoms with Crippen molar-refractivity contribution in [1.29, 1.82) is 0 Å². The average Bonchev–Trinajstić information content (AvgIpc) is 3.34. The van der Waals surface area contributed by atoms with Gasteiger partial charge >= 0.3 is 0 Å². The number of phenolic OH excluding ortho intramolecular Hbond substituents is 1. The zero-order valence-electron chi connectivity index (χ0n) is 15.9. The van der Waals surface area contributed by atoms with E-state index in [9.17, 15) is 5.11 Å². The summed E-state index contributed by atoms with van der Waals surface area (Å²) < 4.78 is 0. The molecule has 1 unspecified atom stereocenters. The summed E-state index contributed by atoms with van der Waals surface area (Å²) in [5, 5.41) is 16.1. The Hall–Kier alpha value is -2.72. The van der Waals surface area contributed by atoms with Crippen LogP contribution < -0.4 is 10.2 Å². The Morgan fingerprint density at radius 2 is 1.79 bits per heavy atom. The first-order chi connectivity index (χ1) is 13.8. The van der Waals surface area contributed by atoms with Gasteiger partial charge in [0.05, 0.1) is 18.0 Å². The van der Waals surface area contributed by atoms with Gasteiger partial charge in [0.1, 0.15) is 5.75 Å². The molecule has 3 aromatic carbocycles. The zero-order valence-corrected chi connectivity index (χ0v) is 15.9. The Bertz CT molecular complexity index is 1050. The first kappa shape index (κ1) is 16.3. The SMILES string of the molecule is Oc1ccc2c3c(cccc13)C(N1CCC(N3CNc4ccccc43)CC1)C2. The van der Waals surface area contributed by atoms with Gasteiger partial charge in [0.15, 0.2) is 0 Å². The molecule has 1 aliphatic carbocycles. The van der Waals surface area contributed by atoms with Crippen molar-refractivity contribution in [1.82, 2.24) is 4.90 Å². The van der Waals surface area contributed by atoms with E-state index in [1.54, 1.807) is 0 Å². The number of anilines is 2. The van der Waals surface area contributed by atoms with E-state index in [4.69, 9.17) is 0 Å². The molecule has 28 heavy (non-hydrogen) atoms. The van der Waals surface area contributed by atoms with Crippen molar-refractivity contribution in [2.24, 2.45) is 0 Å². The van der Waals surface area contributed by atoms with Crippen molar-refractivity contribution in [3.63, 3.8) is 0 Å². The molecule has 2 aliphatic heterocycles. The highest BCUT2D eigenvalue weighted by Gasteiger charge is 2.34. The molecule has 0 radical (unpaired) electrons. The number of phenols is 1. The van der Waals surface area contributed by atoms with E-state index in [1.807, 2.05) is 12.1 Å². The molecular weight excluding hydrogens is 346 g/mol. The Kier molecular flexibility index (Phi) is 3.57. The van der Waals surface area contributed by atoms with Crippen LogP contribution in [0, 0.1) is 0 Å². The molecule has 142 valence electrons. The monoisotopic (exact) mass is 371 g/mol. The third-order valence-electron chi connectivity index (χ3n) is 6.94. The minimum absolute atomic E-state index is 0.403. The maximum absolute atomic E-state index is 10.3. The van der Waals surface area contributed by atoms with Crippen molar-refractivity contribution in [3.8, 4) is 5.75 Å². The summed E-state index contributed by atoms with van der Waals surface area (Å²) in [6.07, 6.45) is 3.46. The molecule has 0 saturated carbocycles. The molecule has 0 amide bonds. The van der Waals surface area contributed by atoms with Crippen LogP contribution >= 0.6 is 0 Å². The quantitative estimate of drug-likeness (QED) is 0.696. The minimum atomic E-state index is 0.403. The van der Waals surface area contributed by atoms with E-state index in [0.29, 0.717) is 17.8 Å². The zero-order chi connectivity index (χ0) is 18.7. The van der Waals surface area contributed by atoms with Crippen LogP contribution in [0.1, 0.15) is 30.0 Å². The van der Waals surface area contributed by atoms with Crippen molar-refractivity contribution in [3.05, 3.63) is 65.7 Å². The molecule has 4 nitrogen and oxygen atoms in total. The number of para-hydroxylation sites is 2. The normalized spacial score (nSPS) is 21.9. The minimum Gasteiger partial charge on any atom is -0.507 e. The molecule has 1 atom stereocenters. The van der Waals surface area contributed by atoms with E-state index in [2.05, 4.69) is 57.6 Å². The van der Waals surface area contributed by atoms with Gasteiger partial charge < -0.3 is 15.3 Å². The summed E-state index contributed by atoms with van der Waals surface area (Å²) in [5.74, 6) is 0.403. The number of fused-ring (bicyclic) bond motifs is 1. The predicted molar refractivity (Wildman–Crippen MR) is 114 cm³/mol. The third kappa shape index (κ3) is 2.34. The lowest BCUT2D eigenvalue weighted by Crippen LogP contribution is -2.46. The number of rotatable bonds is 2. The predicted octanol–water partition coefficient (Wildman–Crippen LogP) is 4.50. The van der Waals surface area contributed by atoms with Gasteiger partial charge in [-0.2, -0.15) is 0 Å². The standard InChI is InChI=1S/C24H25N3O/c28-23-9-8-16-14-22(18-4-3-5-19(23)24(16)18)26-12-10-17(11-13-26)27-15-25-20-6-1-2-7-21(20)27/h1-9,17,22,25,28H,10-15H2. The van der Waals surface area contributed by atoms with Gasteiger partial charge in [-0.05, 0) is 54.0 Å². The lowest BCUT2D eigenvalue weighted by atomic mass is 9.98. The molecule has 0 aromatic heterocycles. The van der Waals surface area contributed by atoms with Gasteiger partial charge in [-0.25, -0.2) is 0 Å². The number of benzene rings is 3. The molecule has 2 N–H and O–H groups in total. The lowest BCUT2D eigenvalue weighted by molar-refractivity contribution is 0.154. The highest BCUT2D eigenvalue weighted by molar-refractivity contribution is 5.95. The van der Waals surface area contributed by atoms with Crippen LogP contribution in [-0.2, 0) is 6.42 Å². The van der Waals surface area contributed by atoms with Gasteiger partial charge in [0.25, 0.3) is 0 Å². The molecule has 2 heterocycles. The van der Waals surface area contributed by atoms with Crippen LogP contribution in [-0.4, -0.2) is 35.8 Å². The second-order valence-corrected chi connectivity index (χ2v) is 8.32. The van der Waals surface area contributed by atoms with Crippen LogP contribution in [0.25, 0.3) is 10.8 Å². The Labute approximate surface area is 165 Å². The first-order valence-corrected chi connectivity index (χ1v) is 10.4. The fraction of sp³-hybridized carbons (Fsp3) is 0.333. The van der Waals surface area contributed by atoms with Crippen LogP contribution in [0.5, 0.6) is 5.75 Å².